The monoisotopic (exact) mass is 247 g/mol. The van der Waals surface area contributed by atoms with Gasteiger partial charge in [-0.2, -0.15) is 0 Å². The maximum Gasteiger partial charge on any atom is 0.142 e. The van der Waals surface area contributed by atoms with Crippen LogP contribution in [0.2, 0.25) is 0 Å². The number of hydrogen-bond donors (Lipinski definition) is 1. The van der Waals surface area contributed by atoms with Crippen LogP contribution in [0.5, 0.6) is 0 Å². The number of hydrogen-bond acceptors (Lipinski definition) is 4. The Hall–Kier alpha value is -1.26. The molecule has 0 saturated heterocycles. The van der Waals surface area contributed by atoms with Gasteiger partial charge in [0.25, 0.3) is 0 Å². The molecule has 0 atom stereocenters. The molecule has 90 valence electrons. The zero-order chi connectivity index (χ0) is 12.1. The number of thiazole rings is 1. The fourth-order valence-electron chi connectivity index (χ4n) is 1.48. The van der Waals surface area contributed by atoms with Crippen molar-refractivity contribution in [3.05, 3.63) is 35.5 Å². The van der Waals surface area contributed by atoms with Crippen LogP contribution in [0.25, 0.3) is 10.7 Å². The molecular formula is C13H17N3S. The first kappa shape index (κ1) is 12.2. The van der Waals surface area contributed by atoms with Crippen LogP contribution in [0, 0.1) is 5.92 Å². The van der Waals surface area contributed by atoms with E-state index in [4.69, 9.17) is 0 Å². The largest absolute Gasteiger partial charge is 0.311 e. The van der Waals surface area contributed by atoms with Gasteiger partial charge in [-0.05, 0) is 24.6 Å². The number of nitrogens with one attached hydrogen (secondary N) is 1. The van der Waals surface area contributed by atoms with Crippen molar-refractivity contribution >= 4 is 11.3 Å². The Kier molecular flexibility index (Phi) is 4.23. The molecule has 1 N–H and O–H groups in total. The number of nitrogens with zero attached hydrogens (tertiary/aromatic N) is 2. The first-order valence-electron chi connectivity index (χ1n) is 5.82. The predicted octanol–water partition coefficient (Wildman–Crippen LogP) is 2.95. The van der Waals surface area contributed by atoms with Gasteiger partial charge in [0.2, 0.25) is 0 Å². The quantitative estimate of drug-likeness (QED) is 0.882. The van der Waals surface area contributed by atoms with E-state index in [1.165, 1.54) is 0 Å². The average Bonchev–Trinajstić information content (AvgIpc) is 2.78. The molecular weight excluding hydrogens is 230 g/mol. The molecule has 0 fully saturated rings. The summed E-state index contributed by atoms with van der Waals surface area (Å²) in [5.41, 5.74) is 2.05. The third kappa shape index (κ3) is 3.61. The lowest BCUT2D eigenvalue weighted by molar-refractivity contribution is 0.549. The molecule has 0 aliphatic rings. The summed E-state index contributed by atoms with van der Waals surface area (Å²) in [5.74, 6) is 0.670. The molecule has 0 aliphatic heterocycles. The topological polar surface area (TPSA) is 37.8 Å². The zero-order valence-electron chi connectivity index (χ0n) is 10.2. The van der Waals surface area contributed by atoms with E-state index in [9.17, 15) is 0 Å². The van der Waals surface area contributed by atoms with E-state index in [2.05, 4.69) is 34.5 Å². The molecule has 3 nitrogen and oxygen atoms in total. The summed E-state index contributed by atoms with van der Waals surface area (Å²) in [6.45, 7) is 6.26. The fraction of sp³-hybridized carbons (Fsp3) is 0.385. The predicted molar refractivity (Wildman–Crippen MR) is 71.9 cm³/mol. The van der Waals surface area contributed by atoms with Crippen molar-refractivity contribution in [2.45, 2.75) is 20.4 Å². The first-order valence-corrected chi connectivity index (χ1v) is 6.70. The molecule has 2 rings (SSSR count). The molecule has 0 unspecified atom stereocenters. The number of pyridine rings is 1. The summed E-state index contributed by atoms with van der Waals surface area (Å²) in [7, 11) is 0. The summed E-state index contributed by atoms with van der Waals surface area (Å²) in [6, 6.07) is 5.90. The van der Waals surface area contributed by atoms with Crippen LogP contribution in [0.1, 0.15) is 19.5 Å². The lowest BCUT2D eigenvalue weighted by Crippen LogP contribution is -2.19. The smallest absolute Gasteiger partial charge is 0.142 e. The highest BCUT2D eigenvalue weighted by Crippen LogP contribution is 2.21. The van der Waals surface area contributed by atoms with E-state index < -0.39 is 0 Å². The molecule has 4 heteroatoms. The summed E-state index contributed by atoms with van der Waals surface area (Å²) in [4.78, 5) is 8.87. The highest BCUT2D eigenvalue weighted by Gasteiger charge is 2.05. The Morgan fingerprint density at radius 1 is 1.35 bits per heavy atom. The molecule has 0 bridgehead atoms. The minimum Gasteiger partial charge on any atom is -0.311 e. The van der Waals surface area contributed by atoms with Gasteiger partial charge in [0.05, 0.1) is 11.4 Å². The molecule has 0 radical (unpaired) electrons. The Labute approximate surface area is 106 Å². The Morgan fingerprint density at radius 3 is 2.94 bits per heavy atom. The van der Waals surface area contributed by atoms with Crippen LogP contribution in [0.15, 0.2) is 29.8 Å². The summed E-state index contributed by atoms with van der Waals surface area (Å²) >= 11 is 1.65. The second-order valence-corrected chi connectivity index (χ2v) is 5.24. The van der Waals surface area contributed by atoms with Crippen molar-refractivity contribution < 1.29 is 0 Å². The van der Waals surface area contributed by atoms with E-state index in [1.54, 1.807) is 17.5 Å². The van der Waals surface area contributed by atoms with E-state index >= 15 is 0 Å². The summed E-state index contributed by atoms with van der Waals surface area (Å²) < 4.78 is 0. The van der Waals surface area contributed by atoms with Gasteiger partial charge >= 0.3 is 0 Å². The number of aromatic nitrogens is 2. The summed E-state index contributed by atoms with van der Waals surface area (Å²) in [6.07, 6.45) is 1.80. The third-order valence-corrected chi connectivity index (χ3v) is 3.21. The van der Waals surface area contributed by atoms with E-state index in [-0.39, 0.29) is 0 Å². The summed E-state index contributed by atoms with van der Waals surface area (Å²) in [5, 5.41) is 6.48. The van der Waals surface area contributed by atoms with Crippen molar-refractivity contribution in [3.63, 3.8) is 0 Å². The molecule has 0 aromatic carbocycles. The van der Waals surface area contributed by atoms with Crippen LogP contribution in [0.4, 0.5) is 0 Å². The van der Waals surface area contributed by atoms with Gasteiger partial charge in [-0.3, -0.25) is 4.98 Å². The van der Waals surface area contributed by atoms with Crippen molar-refractivity contribution in [3.8, 4) is 10.7 Å². The Balaban J connectivity index is 1.97. The zero-order valence-corrected chi connectivity index (χ0v) is 11.0. The molecule has 2 aromatic rings. The normalized spacial score (nSPS) is 11.0. The van der Waals surface area contributed by atoms with Gasteiger partial charge in [-0.25, -0.2) is 4.98 Å². The third-order valence-electron chi connectivity index (χ3n) is 2.29. The van der Waals surface area contributed by atoms with Gasteiger partial charge in [-0.1, -0.05) is 19.9 Å². The van der Waals surface area contributed by atoms with Crippen molar-refractivity contribution in [2.24, 2.45) is 5.92 Å². The molecule has 17 heavy (non-hydrogen) atoms. The highest BCUT2D eigenvalue weighted by atomic mass is 32.1. The second-order valence-electron chi connectivity index (χ2n) is 4.38. The second kappa shape index (κ2) is 5.89. The van der Waals surface area contributed by atoms with Gasteiger partial charge in [0, 0.05) is 18.1 Å². The van der Waals surface area contributed by atoms with E-state index in [0.717, 1.165) is 29.5 Å². The van der Waals surface area contributed by atoms with Gasteiger partial charge in [0.1, 0.15) is 5.01 Å². The standard InChI is InChI=1S/C13H17N3S/c1-10(2)7-14-8-11-9-17-13(16-11)12-5-3-4-6-15-12/h3-6,9-10,14H,7-8H2,1-2H3. The highest BCUT2D eigenvalue weighted by molar-refractivity contribution is 7.13. The average molecular weight is 247 g/mol. The van der Waals surface area contributed by atoms with Crippen molar-refractivity contribution in [1.29, 1.82) is 0 Å². The fourth-order valence-corrected chi connectivity index (χ4v) is 2.28. The van der Waals surface area contributed by atoms with E-state index in [1.807, 2.05) is 18.2 Å². The van der Waals surface area contributed by atoms with Crippen LogP contribution in [-0.2, 0) is 6.54 Å². The number of rotatable bonds is 5. The van der Waals surface area contributed by atoms with Crippen LogP contribution >= 0.6 is 11.3 Å². The first-order chi connectivity index (χ1) is 8.25. The Morgan fingerprint density at radius 2 is 2.24 bits per heavy atom. The Bertz CT molecular complexity index is 451. The van der Waals surface area contributed by atoms with Crippen LogP contribution in [0.3, 0.4) is 0 Å². The minimum atomic E-state index is 0.670. The van der Waals surface area contributed by atoms with E-state index in [0.29, 0.717) is 5.92 Å². The van der Waals surface area contributed by atoms with Crippen LogP contribution in [-0.4, -0.2) is 16.5 Å². The molecule has 0 spiro atoms. The van der Waals surface area contributed by atoms with Crippen molar-refractivity contribution in [2.75, 3.05) is 6.54 Å². The molecule has 2 aromatic heterocycles. The SMILES string of the molecule is CC(C)CNCc1csc(-c2ccccn2)n1. The van der Waals surface area contributed by atoms with Gasteiger partial charge in [-0.15, -0.1) is 11.3 Å². The lowest BCUT2D eigenvalue weighted by atomic mass is 10.2. The molecule has 0 amide bonds. The maximum atomic E-state index is 4.57. The van der Waals surface area contributed by atoms with Gasteiger partial charge < -0.3 is 5.32 Å². The van der Waals surface area contributed by atoms with Crippen molar-refractivity contribution in [1.82, 2.24) is 15.3 Å². The lowest BCUT2D eigenvalue weighted by Gasteiger charge is -2.04. The minimum absolute atomic E-state index is 0.670. The maximum absolute atomic E-state index is 4.57. The molecule has 0 aliphatic carbocycles. The van der Waals surface area contributed by atoms with Crippen LogP contribution < -0.4 is 5.32 Å². The van der Waals surface area contributed by atoms with Gasteiger partial charge in [0.15, 0.2) is 0 Å². The molecule has 0 saturated carbocycles. The molecule has 2 heterocycles.